The lowest BCUT2D eigenvalue weighted by atomic mass is 10.0. The molecule has 0 aliphatic carbocycles. The van der Waals surface area contributed by atoms with Gasteiger partial charge in [-0.15, -0.1) is 0 Å². The van der Waals surface area contributed by atoms with E-state index in [1.165, 1.54) is 5.56 Å². The summed E-state index contributed by atoms with van der Waals surface area (Å²) in [4.78, 5) is 26.6. The summed E-state index contributed by atoms with van der Waals surface area (Å²) in [5.41, 5.74) is 4.26. The summed E-state index contributed by atoms with van der Waals surface area (Å²) >= 11 is 0. The lowest BCUT2D eigenvalue weighted by molar-refractivity contribution is 0.191. The van der Waals surface area contributed by atoms with E-state index in [-0.39, 0.29) is 12.1 Å². The van der Waals surface area contributed by atoms with E-state index in [1.54, 1.807) is 7.11 Å². The van der Waals surface area contributed by atoms with Crippen LogP contribution in [-0.2, 0) is 6.42 Å². The van der Waals surface area contributed by atoms with Gasteiger partial charge in [0, 0.05) is 55.5 Å². The van der Waals surface area contributed by atoms with Gasteiger partial charge in [0.1, 0.15) is 11.6 Å². The van der Waals surface area contributed by atoms with Gasteiger partial charge in [-0.25, -0.2) is 14.8 Å². The molecule has 0 unspecified atom stereocenters. The van der Waals surface area contributed by atoms with Crippen LogP contribution in [0.15, 0.2) is 54.6 Å². The van der Waals surface area contributed by atoms with Gasteiger partial charge in [0.2, 0.25) is 0 Å². The Morgan fingerprint density at radius 2 is 1.68 bits per heavy atom. The van der Waals surface area contributed by atoms with Crippen LogP contribution in [0.2, 0.25) is 0 Å². The Morgan fingerprint density at radius 3 is 2.29 bits per heavy atom. The van der Waals surface area contributed by atoms with Crippen molar-refractivity contribution in [3.05, 3.63) is 71.4 Å². The third kappa shape index (κ3) is 5.47. The first-order chi connectivity index (χ1) is 16.4. The molecule has 1 aliphatic heterocycles. The minimum Gasteiger partial charge on any atom is -0.497 e. The van der Waals surface area contributed by atoms with Gasteiger partial charge in [-0.3, -0.25) is 0 Å². The molecule has 1 N–H and O–H groups in total. The number of benzene rings is 2. The second-order valence-electron chi connectivity index (χ2n) is 8.90. The standard InChI is InChI=1S/C27H33N5O2/c1-19(2)28-27(33)32-16-14-31(15-17-32)26-24(18-21-10-12-23(34-4)13-11-21)20(3)29-25(30-26)22-8-6-5-7-9-22/h5-13,19H,14-18H2,1-4H3,(H,28,33). The number of hydrogen-bond acceptors (Lipinski definition) is 5. The number of aromatic nitrogens is 2. The van der Waals surface area contributed by atoms with Crippen molar-refractivity contribution in [3.63, 3.8) is 0 Å². The highest BCUT2D eigenvalue weighted by Crippen LogP contribution is 2.28. The number of amides is 2. The number of aryl methyl sites for hydroxylation is 1. The third-order valence-corrected chi connectivity index (χ3v) is 6.04. The van der Waals surface area contributed by atoms with Gasteiger partial charge < -0.3 is 19.9 Å². The molecule has 2 amide bonds. The summed E-state index contributed by atoms with van der Waals surface area (Å²) in [6, 6.07) is 18.3. The lowest BCUT2D eigenvalue weighted by Crippen LogP contribution is -2.53. The van der Waals surface area contributed by atoms with Gasteiger partial charge in [-0.2, -0.15) is 0 Å². The van der Waals surface area contributed by atoms with Gasteiger partial charge in [-0.05, 0) is 38.5 Å². The molecule has 7 heteroatoms. The van der Waals surface area contributed by atoms with Crippen LogP contribution in [0.25, 0.3) is 11.4 Å². The maximum atomic E-state index is 12.5. The molecule has 1 saturated heterocycles. The van der Waals surface area contributed by atoms with Gasteiger partial charge in [0.15, 0.2) is 5.82 Å². The molecule has 0 radical (unpaired) electrons. The molecular weight excluding hydrogens is 426 g/mol. The summed E-state index contributed by atoms with van der Waals surface area (Å²) in [5, 5.41) is 2.99. The van der Waals surface area contributed by atoms with Crippen LogP contribution in [0.5, 0.6) is 5.75 Å². The molecule has 3 aromatic rings. The fourth-order valence-corrected chi connectivity index (χ4v) is 4.17. The highest BCUT2D eigenvalue weighted by Gasteiger charge is 2.25. The number of carbonyl (C=O) groups is 1. The number of rotatable bonds is 6. The highest BCUT2D eigenvalue weighted by molar-refractivity contribution is 5.75. The van der Waals surface area contributed by atoms with Gasteiger partial charge in [-0.1, -0.05) is 42.5 Å². The van der Waals surface area contributed by atoms with Crippen molar-refractivity contribution in [3.8, 4) is 17.1 Å². The number of methoxy groups -OCH3 is 1. The smallest absolute Gasteiger partial charge is 0.317 e. The van der Waals surface area contributed by atoms with Gasteiger partial charge >= 0.3 is 6.03 Å². The maximum absolute atomic E-state index is 12.5. The van der Waals surface area contributed by atoms with E-state index in [4.69, 9.17) is 14.7 Å². The summed E-state index contributed by atoms with van der Waals surface area (Å²) < 4.78 is 5.31. The quantitative estimate of drug-likeness (QED) is 0.595. The zero-order chi connectivity index (χ0) is 24.1. The van der Waals surface area contributed by atoms with E-state index in [1.807, 2.05) is 61.2 Å². The van der Waals surface area contributed by atoms with Gasteiger partial charge in [0.05, 0.1) is 7.11 Å². The number of carbonyl (C=O) groups excluding carboxylic acids is 1. The number of anilines is 1. The number of piperazine rings is 1. The molecule has 0 saturated carbocycles. The second kappa shape index (κ2) is 10.5. The molecule has 1 aromatic heterocycles. The van der Waals surface area contributed by atoms with Crippen molar-refractivity contribution in [2.45, 2.75) is 33.2 Å². The number of ether oxygens (including phenoxy) is 1. The van der Waals surface area contributed by atoms with Crippen LogP contribution in [0.1, 0.15) is 30.7 Å². The Morgan fingerprint density at radius 1 is 1.00 bits per heavy atom. The molecule has 1 fully saturated rings. The molecule has 2 aromatic carbocycles. The normalized spacial score (nSPS) is 13.8. The third-order valence-electron chi connectivity index (χ3n) is 6.04. The molecule has 34 heavy (non-hydrogen) atoms. The van der Waals surface area contributed by atoms with Crippen LogP contribution in [-0.4, -0.2) is 60.2 Å². The summed E-state index contributed by atoms with van der Waals surface area (Å²) in [6.07, 6.45) is 0.730. The van der Waals surface area contributed by atoms with Crippen molar-refractivity contribution >= 4 is 11.8 Å². The predicted molar refractivity (Wildman–Crippen MR) is 135 cm³/mol. The van der Waals surface area contributed by atoms with Crippen molar-refractivity contribution in [2.75, 3.05) is 38.2 Å². The first kappa shape index (κ1) is 23.5. The van der Waals surface area contributed by atoms with E-state index in [2.05, 4.69) is 29.3 Å². The molecule has 1 aliphatic rings. The second-order valence-corrected chi connectivity index (χ2v) is 8.90. The van der Waals surface area contributed by atoms with Crippen molar-refractivity contribution < 1.29 is 9.53 Å². The minimum atomic E-state index is -0.00283. The minimum absolute atomic E-state index is 0.00283. The Bertz CT molecular complexity index is 1110. The lowest BCUT2D eigenvalue weighted by Gasteiger charge is -2.36. The Labute approximate surface area is 201 Å². The number of hydrogen-bond donors (Lipinski definition) is 1. The maximum Gasteiger partial charge on any atom is 0.317 e. The van der Waals surface area contributed by atoms with Crippen molar-refractivity contribution in [1.29, 1.82) is 0 Å². The Hall–Kier alpha value is -3.61. The van der Waals surface area contributed by atoms with E-state index in [0.29, 0.717) is 13.1 Å². The molecule has 0 spiro atoms. The van der Waals surface area contributed by atoms with Crippen LogP contribution in [0.3, 0.4) is 0 Å². The zero-order valence-corrected chi connectivity index (χ0v) is 20.4. The highest BCUT2D eigenvalue weighted by atomic mass is 16.5. The molecule has 4 rings (SSSR count). The number of nitrogens with one attached hydrogen (secondary N) is 1. The average molecular weight is 460 g/mol. The fourth-order valence-electron chi connectivity index (χ4n) is 4.17. The number of nitrogens with zero attached hydrogens (tertiary/aromatic N) is 4. The van der Waals surface area contributed by atoms with Crippen molar-refractivity contribution in [1.82, 2.24) is 20.2 Å². The monoisotopic (exact) mass is 459 g/mol. The van der Waals surface area contributed by atoms with Crippen molar-refractivity contribution in [2.24, 2.45) is 0 Å². The van der Waals surface area contributed by atoms with Gasteiger partial charge in [0.25, 0.3) is 0 Å². The topological polar surface area (TPSA) is 70.6 Å². The molecule has 178 valence electrons. The van der Waals surface area contributed by atoms with Crippen LogP contribution < -0.4 is 15.0 Å². The van der Waals surface area contributed by atoms with Crippen LogP contribution >= 0.6 is 0 Å². The average Bonchev–Trinajstić information content (AvgIpc) is 2.86. The molecule has 2 heterocycles. The van der Waals surface area contributed by atoms with Crippen LogP contribution in [0.4, 0.5) is 10.6 Å². The number of urea groups is 1. The molecular formula is C27H33N5O2. The summed E-state index contributed by atoms with van der Waals surface area (Å²) in [7, 11) is 1.68. The zero-order valence-electron chi connectivity index (χ0n) is 20.4. The Kier molecular flexibility index (Phi) is 7.30. The predicted octanol–water partition coefficient (Wildman–Crippen LogP) is 4.29. The summed E-state index contributed by atoms with van der Waals surface area (Å²) in [6.45, 7) is 8.79. The Balaban J connectivity index is 1.64. The SMILES string of the molecule is COc1ccc(Cc2c(C)nc(-c3ccccc3)nc2N2CCN(C(=O)NC(C)C)CC2)cc1. The van der Waals surface area contributed by atoms with E-state index in [0.717, 1.165) is 53.7 Å². The first-order valence-electron chi connectivity index (χ1n) is 11.8. The van der Waals surface area contributed by atoms with E-state index in [9.17, 15) is 4.79 Å². The van der Waals surface area contributed by atoms with Crippen LogP contribution in [0, 0.1) is 6.92 Å². The molecule has 7 nitrogen and oxygen atoms in total. The molecule has 0 atom stereocenters. The fraction of sp³-hybridized carbons (Fsp3) is 0.370. The largest absolute Gasteiger partial charge is 0.497 e. The van der Waals surface area contributed by atoms with E-state index >= 15 is 0 Å². The summed E-state index contributed by atoms with van der Waals surface area (Å²) in [5.74, 6) is 2.52. The first-order valence-corrected chi connectivity index (χ1v) is 11.8. The molecule has 0 bridgehead atoms. The van der Waals surface area contributed by atoms with E-state index < -0.39 is 0 Å².